The summed E-state index contributed by atoms with van der Waals surface area (Å²) in [6.07, 6.45) is -3.61. The quantitative estimate of drug-likeness (QED) is 0.590. The summed E-state index contributed by atoms with van der Waals surface area (Å²) in [5.74, 6) is 0.0759. The highest BCUT2D eigenvalue weighted by molar-refractivity contribution is 7.17. The van der Waals surface area contributed by atoms with E-state index >= 15 is 0 Å². The fraction of sp³-hybridized carbons (Fsp3) is 0.333. The van der Waals surface area contributed by atoms with Gasteiger partial charge in [-0.3, -0.25) is 10.1 Å². The fourth-order valence-electron chi connectivity index (χ4n) is 2.42. The van der Waals surface area contributed by atoms with Crippen LogP contribution in [0, 0.1) is 12.8 Å². The molecule has 0 unspecified atom stereocenters. The van der Waals surface area contributed by atoms with Gasteiger partial charge in [-0.15, -0.1) is 21.5 Å². The van der Waals surface area contributed by atoms with Crippen molar-refractivity contribution in [2.75, 3.05) is 5.32 Å². The summed E-state index contributed by atoms with van der Waals surface area (Å²) in [6.45, 7) is 5.83. The maximum atomic E-state index is 12.7. The molecule has 148 valence electrons. The first-order valence-corrected chi connectivity index (χ1v) is 10.1. The second-order valence-electron chi connectivity index (χ2n) is 6.56. The van der Waals surface area contributed by atoms with Gasteiger partial charge in [0.1, 0.15) is 14.9 Å². The Balaban J connectivity index is 1.76. The van der Waals surface area contributed by atoms with Gasteiger partial charge in [-0.2, -0.15) is 13.2 Å². The van der Waals surface area contributed by atoms with Crippen molar-refractivity contribution in [2.45, 2.75) is 33.4 Å². The molecule has 1 amide bonds. The lowest BCUT2D eigenvalue weighted by atomic mass is 10.1. The van der Waals surface area contributed by atoms with E-state index in [0.29, 0.717) is 32.2 Å². The molecule has 10 heteroatoms. The highest BCUT2D eigenvalue weighted by atomic mass is 32.1. The summed E-state index contributed by atoms with van der Waals surface area (Å²) in [4.78, 5) is 17.3. The summed E-state index contributed by atoms with van der Waals surface area (Å²) in [7, 11) is 0. The van der Waals surface area contributed by atoms with Crippen LogP contribution in [0.5, 0.6) is 0 Å². The Hall–Kier alpha value is -2.33. The van der Waals surface area contributed by atoms with E-state index in [-0.39, 0.29) is 5.91 Å². The maximum absolute atomic E-state index is 12.7. The van der Waals surface area contributed by atoms with Gasteiger partial charge < -0.3 is 0 Å². The van der Waals surface area contributed by atoms with Crippen molar-refractivity contribution in [3.63, 3.8) is 0 Å². The molecule has 0 aliphatic carbocycles. The number of aryl methyl sites for hydroxylation is 1. The van der Waals surface area contributed by atoms with Gasteiger partial charge in [0.15, 0.2) is 0 Å². The van der Waals surface area contributed by atoms with Crippen LogP contribution in [0.25, 0.3) is 10.6 Å². The number of nitrogens with one attached hydrogen (secondary N) is 1. The second kappa shape index (κ2) is 7.96. The number of carbonyl (C=O) groups excluding carboxylic acids is 1. The van der Waals surface area contributed by atoms with Gasteiger partial charge in [-0.25, -0.2) is 4.98 Å². The van der Waals surface area contributed by atoms with Crippen LogP contribution in [0.15, 0.2) is 24.3 Å². The normalized spacial score (nSPS) is 11.8. The van der Waals surface area contributed by atoms with E-state index in [0.717, 1.165) is 34.9 Å². The molecule has 0 saturated carbocycles. The van der Waals surface area contributed by atoms with Crippen LogP contribution in [0.4, 0.5) is 18.3 Å². The lowest BCUT2D eigenvalue weighted by Gasteiger charge is -2.06. The summed E-state index contributed by atoms with van der Waals surface area (Å²) in [6, 6.07) is 4.71. The fourth-order valence-corrected chi connectivity index (χ4v) is 4.34. The molecule has 1 aromatic carbocycles. The third-order valence-corrected chi connectivity index (χ3v) is 5.80. The van der Waals surface area contributed by atoms with Crippen molar-refractivity contribution >= 4 is 33.7 Å². The van der Waals surface area contributed by atoms with Crippen LogP contribution in [0.3, 0.4) is 0 Å². The van der Waals surface area contributed by atoms with Crippen LogP contribution >= 0.6 is 22.7 Å². The van der Waals surface area contributed by atoms with Crippen molar-refractivity contribution in [1.29, 1.82) is 0 Å². The highest BCUT2D eigenvalue weighted by Crippen LogP contribution is 2.33. The van der Waals surface area contributed by atoms with E-state index < -0.39 is 11.7 Å². The number of alkyl halides is 3. The molecule has 0 atom stereocenters. The molecule has 0 bridgehead atoms. The number of hydrogen-bond acceptors (Lipinski definition) is 6. The predicted molar refractivity (Wildman–Crippen MR) is 104 cm³/mol. The Morgan fingerprint density at radius 3 is 2.43 bits per heavy atom. The van der Waals surface area contributed by atoms with E-state index in [9.17, 15) is 18.0 Å². The third kappa shape index (κ3) is 4.74. The van der Waals surface area contributed by atoms with Crippen LogP contribution in [-0.4, -0.2) is 21.1 Å². The number of rotatable bonds is 5. The van der Waals surface area contributed by atoms with Crippen LogP contribution < -0.4 is 5.32 Å². The molecule has 0 spiro atoms. The number of benzene rings is 1. The SMILES string of the molecule is Cc1nc(-c2ccc(C(F)(F)F)cc2)sc1C(=O)Nc1nnc(CC(C)C)s1. The first-order chi connectivity index (χ1) is 13.1. The molecule has 2 heterocycles. The zero-order valence-electron chi connectivity index (χ0n) is 15.3. The monoisotopic (exact) mass is 426 g/mol. The molecule has 0 aliphatic rings. The van der Waals surface area contributed by atoms with Gasteiger partial charge in [-0.05, 0) is 25.0 Å². The van der Waals surface area contributed by atoms with Gasteiger partial charge in [-0.1, -0.05) is 37.3 Å². The molecule has 0 radical (unpaired) electrons. The maximum Gasteiger partial charge on any atom is 0.416 e. The van der Waals surface area contributed by atoms with Gasteiger partial charge in [0.2, 0.25) is 5.13 Å². The number of halogens is 3. The Morgan fingerprint density at radius 2 is 1.82 bits per heavy atom. The minimum Gasteiger partial charge on any atom is -0.296 e. The minimum atomic E-state index is -4.39. The molecule has 28 heavy (non-hydrogen) atoms. The number of nitrogens with zero attached hydrogens (tertiary/aromatic N) is 3. The van der Waals surface area contributed by atoms with Crippen molar-refractivity contribution in [2.24, 2.45) is 5.92 Å². The minimum absolute atomic E-state index is 0.361. The Labute approximate surface area is 167 Å². The first-order valence-electron chi connectivity index (χ1n) is 8.42. The molecular weight excluding hydrogens is 409 g/mol. The summed E-state index contributed by atoms with van der Waals surface area (Å²) >= 11 is 2.44. The molecule has 3 rings (SSSR count). The van der Waals surface area contributed by atoms with Crippen molar-refractivity contribution in [3.05, 3.63) is 45.4 Å². The molecule has 0 saturated heterocycles. The van der Waals surface area contributed by atoms with E-state index in [4.69, 9.17) is 0 Å². The van der Waals surface area contributed by atoms with Crippen molar-refractivity contribution in [3.8, 4) is 10.6 Å². The Kier molecular flexibility index (Phi) is 5.80. The van der Waals surface area contributed by atoms with Crippen LogP contribution in [0.1, 0.15) is 39.8 Å². The second-order valence-corrected chi connectivity index (χ2v) is 8.62. The summed E-state index contributed by atoms with van der Waals surface area (Å²) in [5.41, 5.74) is 0.301. The van der Waals surface area contributed by atoms with E-state index in [1.807, 2.05) is 0 Å². The third-order valence-electron chi connectivity index (χ3n) is 3.73. The molecule has 5 nitrogen and oxygen atoms in total. The van der Waals surface area contributed by atoms with Gasteiger partial charge in [0, 0.05) is 12.0 Å². The van der Waals surface area contributed by atoms with Gasteiger partial charge in [0.05, 0.1) is 11.3 Å². The highest BCUT2D eigenvalue weighted by Gasteiger charge is 2.30. The first kappa shape index (κ1) is 20.4. The number of hydrogen-bond donors (Lipinski definition) is 1. The van der Waals surface area contributed by atoms with Crippen LogP contribution in [0.2, 0.25) is 0 Å². The summed E-state index contributed by atoms with van der Waals surface area (Å²) in [5, 5.41) is 12.5. The largest absolute Gasteiger partial charge is 0.416 e. The molecule has 0 aliphatic heterocycles. The van der Waals surface area contributed by atoms with Crippen molar-refractivity contribution < 1.29 is 18.0 Å². The number of carbonyl (C=O) groups is 1. The van der Waals surface area contributed by atoms with Crippen molar-refractivity contribution in [1.82, 2.24) is 15.2 Å². The molecule has 0 fully saturated rings. The Morgan fingerprint density at radius 1 is 1.14 bits per heavy atom. The molecule has 3 aromatic rings. The number of thiazole rings is 1. The summed E-state index contributed by atoms with van der Waals surface area (Å²) < 4.78 is 38.1. The van der Waals surface area contributed by atoms with Crippen LogP contribution in [-0.2, 0) is 12.6 Å². The standard InChI is InChI=1S/C18H17F3N4OS2/c1-9(2)8-13-24-25-17(27-13)23-15(26)14-10(3)22-16(28-14)11-4-6-12(7-5-11)18(19,20)21/h4-7,9H,8H2,1-3H3,(H,23,25,26). The van der Waals surface area contributed by atoms with E-state index in [1.165, 1.54) is 23.5 Å². The molecule has 2 aromatic heterocycles. The Bertz CT molecular complexity index is 978. The number of amides is 1. The van der Waals surface area contributed by atoms with Gasteiger partial charge >= 0.3 is 6.18 Å². The smallest absolute Gasteiger partial charge is 0.296 e. The van der Waals surface area contributed by atoms with Gasteiger partial charge in [0.25, 0.3) is 5.91 Å². The average Bonchev–Trinajstić information content (AvgIpc) is 3.20. The van der Waals surface area contributed by atoms with E-state index in [1.54, 1.807) is 6.92 Å². The average molecular weight is 426 g/mol. The lowest BCUT2D eigenvalue weighted by molar-refractivity contribution is -0.137. The number of anilines is 1. The zero-order valence-corrected chi connectivity index (χ0v) is 16.9. The lowest BCUT2D eigenvalue weighted by Crippen LogP contribution is -2.11. The number of aromatic nitrogens is 3. The topological polar surface area (TPSA) is 67.8 Å². The molecular formula is C18H17F3N4OS2. The zero-order chi connectivity index (χ0) is 20.5. The predicted octanol–water partition coefficient (Wildman–Crippen LogP) is 5.44. The van der Waals surface area contributed by atoms with E-state index in [2.05, 4.69) is 34.3 Å². The molecule has 1 N–H and O–H groups in total.